The third-order valence-electron chi connectivity index (χ3n) is 5.47. The van der Waals surface area contributed by atoms with E-state index in [1.54, 1.807) is 13.3 Å². The van der Waals surface area contributed by atoms with Crippen LogP contribution in [0.3, 0.4) is 0 Å². The van der Waals surface area contributed by atoms with Crippen LogP contribution in [0, 0.1) is 11.8 Å². The predicted octanol–water partition coefficient (Wildman–Crippen LogP) is 1.19. The van der Waals surface area contributed by atoms with Gasteiger partial charge in [-0.05, 0) is 25.2 Å². The molecule has 2 aliphatic rings. The zero-order valence-corrected chi connectivity index (χ0v) is 16.0. The maximum absolute atomic E-state index is 12.7. The number of amides is 2. The van der Waals surface area contributed by atoms with Crippen molar-refractivity contribution in [3.05, 3.63) is 18.1 Å². The van der Waals surface area contributed by atoms with Gasteiger partial charge in [-0.2, -0.15) is 0 Å². The summed E-state index contributed by atoms with van der Waals surface area (Å²) in [6.45, 7) is 4.23. The van der Waals surface area contributed by atoms with E-state index in [2.05, 4.69) is 9.97 Å². The van der Waals surface area contributed by atoms with Crippen molar-refractivity contribution in [2.24, 2.45) is 11.8 Å². The first-order valence-electron chi connectivity index (χ1n) is 9.46. The largest absolute Gasteiger partial charge is 0.363 e. The molecule has 3 rings (SSSR count). The van der Waals surface area contributed by atoms with Crippen LogP contribution in [0.25, 0.3) is 0 Å². The molecule has 26 heavy (non-hydrogen) atoms. The Morgan fingerprint density at radius 3 is 2.46 bits per heavy atom. The first-order valence-corrected chi connectivity index (χ1v) is 9.46. The minimum Gasteiger partial charge on any atom is -0.363 e. The van der Waals surface area contributed by atoms with Gasteiger partial charge in [0.1, 0.15) is 12.1 Å². The molecule has 1 saturated carbocycles. The molecular formula is C19H29N5O2. The van der Waals surface area contributed by atoms with Crippen LogP contribution >= 0.6 is 0 Å². The smallest absolute Gasteiger partial charge is 0.225 e. The van der Waals surface area contributed by atoms with E-state index in [4.69, 9.17) is 0 Å². The molecule has 1 aliphatic carbocycles. The van der Waals surface area contributed by atoms with Crippen molar-refractivity contribution in [1.29, 1.82) is 0 Å². The van der Waals surface area contributed by atoms with Crippen LogP contribution in [-0.4, -0.2) is 71.9 Å². The third-order valence-corrected chi connectivity index (χ3v) is 5.47. The second-order valence-electron chi connectivity index (χ2n) is 7.71. The van der Waals surface area contributed by atoms with Crippen molar-refractivity contribution < 1.29 is 9.59 Å². The fourth-order valence-electron chi connectivity index (χ4n) is 3.67. The Bertz CT molecular complexity index is 659. The van der Waals surface area contributed by atoms with Crippen molar-refractivity contribution in [2.45, 2.75) is 32.6 Å². The fraction of sp³-hybridized carbons (Fsp3) is 0.684. The van der Waals surface area contributed by atoms with Crippen LogP contribution in [-0.2, 0) is 16.0 Å². The molecule has 0 bridgehead atoms. The van der Waals surface area contributed by atoms with Gasteiger partial charge in [0.2, 0.25) is 11.8 Å². The maximum atomic E-state index is 12.7. The van der Waals surface area contributed by atoms with Gasteiger partial charge in [-0.25, -0.2) is 9.97 Å². The monoisotopic (exact) mass is 359 g/mol. The van der Waals surface area contributed by atoms with Crippen LogP contribution in [0.4, 0.5) is 5.82 Å². The Hall–Kier alpha value is -2.18. The number of anilines is 1. The Kier molecular flexibility index (Phi) is 5.74. The summed E-state index contributed by atoms with van der Waals surface area (Å²) in [6, 6.07) is 1.99. The van der Waals surface area contributed by atoms with E-state index in [-0.39, 0.29) is 23.7 Å². The Morgan fingerprint density at radius 1 is 1.15 bits per heavy atom. The normalized spacial score (nSPS) is 21.1. The Morgan fingerprint density at radius 2 is 1.85 bits per heavy atom. The molecule has 0 unspecified atom stereocenters. The number of carbonyl (C=O) groups is 2. The number of hydrogen-bond donors (Lipinski definition) is 0. The lowest BCUT2D eigenvalue weighted by molar-refractivity contribution is -0.138. The molecule has 2 heterocycles. The zero-order valence-electron chi connectivity index (χ0n) is 16.0. The SMILES string of the molecule is CC(=O)N1CCN(C(=O)C2CCC2)C[C@@H](Cc2cc(N(C)C)ncn2)C1. The molecule has 1 atom stereocenters. The van der Waals surface area contributed by atoms with Crippen LogP contribution in [0.1, 0.15) is 31.9 Å². The number of aromatic nitrogens is 2. The van der Waals surface area contributed by atoms with Crippen LogP contribution in [0.15, 0.2) is 12.4 Å². The molecule has 0 radical (unpaired) electrons. The number of rotatable bonds is 4. The highest BCUT2D eigenvalue weighted by atomic mass is 16.2. The van der Waals surface area contributed by atoms with E-state index < -0.39 is 0 Å². The van der Waals surface area contributed by atoms with Gasteiger partial charge in [-0.1, -0.05) is 6.42 Å². The number of hydrogen-bond acceptors (Lipinski definition) is 5. The average molecular weight is 359 g/mol. The van der Waals surface area contributed by atoms with E-state index in [9.17, 15) is 9.59 Å². The minimum absolute atomic E-state index is 0.0737. The molecular weight excluding hydrogens is 330 g/mol. The van der Waals surface area contributed by atoms with E-state index in [0.29, 0.717) is 26.2 Å². The standard InChI is InChI=1S/C19H29N5O2/c1-14(25)23-7-8-24(19(26)16-5-4-6-16)12-15(11-23)9-17-10-18(22(2)3)21-13-20-17/h10,13,15-16H,4-9,11-12H2,1-3H3/t15-/m0/s1. The van der Waals surface area contributed by atoms with E-state index >= 15 is 0 Å². The van der Waals surface area contributed by atoms with Crippen molar-refractivity contribution >= 4 is 17.6 Å². The lowest BCUT2D eigenvalue weighted by atomic mass is 9.84. The van der Waals surface area contributed by atoms with Gasteiger partial charge in [0.25, 0.3) is 0 Å². The summed E-state index contributed by atoms with van der Waals surface area (Å²) in [4.78, 5) is 39.2. The predicted molar refractivity (Wildman–Crippen MR) is 99.7 cm³/mol. The first kappa shape index (κ1) is 18.6. The molecule has 2 amide bonds. The van der Waals surface area contributed by atoms with Crippen molar-refractivity contribution in [3.8, 4) is 0 Å². The van der Waals surface area contributed by atoms with Gasteiger partial charge in [-0.3, -0.25) is 9.59 Å². The zero-order chi connectivity index (χ0) is 18.7. The fourth-order valence-corrected chi connectivity index (χ4v) is 3.67. The summed E-state index contributed by atoms with van der Waals surface area (Å²) in [5.74, 6) is 1.59. The summed E-state index contributed by atoms with van der Waals surface area (Å²) in [6.07, 6.45) is 5.49. The second kappa shape index (κ2) is 8.01. The molecule has 0 spiro atoms. The molecule has 7 nitrogen and oxygen atoms in total. The van der Waals surface area contributed by atoms with Gasteiger partial charge in [0, 0.05) is 64.9 Å². The summed E-state index contributed by atoms with van der Waals surface area (Å²) in [7, 11) is 3.91. The summed E-state index contributed by atoms with van der Waals surface area (Å²) in [5.41, 5.74) is 0.954. The molecule has 1 aromatic rings. The van der Waals surface area contributed by atoms with E-state index in [1.807, 2.05) is 34.9 Å². The lowest BCUT2D eigenvalue weighted by Gasteiger charge is -2.32. The average Bonchev–Trinajstić information content (AvgIpc) is 2.76. The van der Waals surface area contributed by atoms with Crippen LogP contribution in [0.5, 0.6) is 0 Å². The third kappa shape index (κ3) is 4.31. The highest BCUT2D eigenvalue weighted by Crippen LogP contribution is 2.29. The summed E-state index contributed by atoms with van der Waals surface area (Å²) in [5, 5.41) is 0. The maximum Gasteiger partial charge on any atom is 0.225 e. The highest BCUT2D eigenvalue weighted by Gasteiger charge is 2.33. The molecule has 142 valence electrons. The number of carbonyl (C=O) groups excluding carboxylic acids is 2. The van der Waals surface area contributed by atoms with Gasteiger partial charge in [-0.15, -0.1) is 0 Å². The van der Waals surface area contributed by atoms with Crippen LogP contribution in [0.2, 0.25) is 0 Å². The highest BCUT2D eigenvalue weighted by molar-refractivity contribution is 5.80. The van der Waals surface area contributed by atoms with Crippen molar-refractivity contribution in [2.75, 3.05) is 45.2 Å². The summed E-state index contributed by atoms with van der Waals surface area (Å²) < 4.78 is 0. The Balaban J connectivity index is 1.74. The molecule has 2 fully saturated rings. The van der Waals surface area contributed by atoms with Gasteiger partial charge in [0.15, 0.2) is 0 Å². The molecule has 7 heteroatoms. The molecule has 1 saturated heterocycles. The molecule has 0 N–H and O–H groups in total. The molecule has 1 aromatic heterocycles. The van der Waals surface area contributed by atoms with Gasteiger partial charge in [0.05, 0.1) is 0 Å². The Labute approximate surface area is 155 Å². The molecule has 0 aromatic carbocycles. The lowest BCUT2D eigenvalue weighted by Crippen LogP contribution is -2.42. The van der Waals surface area contributed by atoms with Gasteiger partial charge >= 0.3 is 0 Å². The summed E-state index contributed by atoms with van der Waals surface area (Å²) >= 11 is 0. The van der Waals surface area contributed by atoms with Gasteiger partial charge < -0.3 is 14.7 Å². The van der Waals surface area contributed by atoms with E-state index in [0.717, 1.165) is 37.2 Å². The quantitative estimate of drug-likeness (QED) is 0.808. The first-order chi connectivity index (χ1) is 12.4. The second-order valence-corrected chi connectivity index (χ2v) is 7.71. The van der Waals surface area contributed by atoms with E-state index in [1.165, 1.54) is 0 Å². The van der Waals surface area contributed by atoms with Crippen molar-refractivity contribution in [3.63, 3.8) is 0 Å². The van der Waals surface area contributed by atoms with Crippen molar-refractivity contribution in [1.82, 2.24) is 19.8 Å². The molecule has 1 aliphatic heterocycles. The minimum atomic E-state index is 0.0737. The number of nitrogens with zero attached hydrogens (tertiary/aromatic N) is 5. The topological polar surface area (TPSA) is 69.6 Å². The van der Waals surface area contributed by atoms with Crippen LogP contribution < -0.4 is 4.90 Å².